The third-order valence-electron chi connectivity index (χ3n) is 1.08. The maximum atomic E-state index is 5.11. The SMILES string of the molecule is C#CCSCc1ncc(C)s1. The third kappa shape index (κ3) is 2.96. The highest BCUT2D eigenvalue weighted by Crippen LogP contribution is 2.17. The lowest BCUT2D eigenvalue weighted by Crippen LogP contribution is -1.77. The first-order valence-corrected chi connectivity index (χ1v) is 5.22. The molecule has 1 aromatic heterocycles. The van der Waals surface area contributed by atoms with Gasteiger partial charge in [-0.3, -0.25) is 0 Å². The number of aryl methyl sites for hydroxylation is 1. The van der Waals surface area contributed by atoms with Gasteiger partial charge in [0.2, 0.25) is 0 Å². The molecule has 0 N–H and O–H groups in total. The van der Waals surface area contributed by atoms with Crippen molar-refractivity contribution in [3.05, 3.63) is 16.1 Å². The average molecular weight is 183 g/mol. The standard InChI is InChI=1S/C8H9NS2/c1-3-4-10-6-8-9-5-7(2)11-8/h1,5H,4,6H2,2H3. The molecule has 0 aliphatic heterocycles. The zero-order chi connectivity index (χ0) is 8.10. The van der Waals surface area contributed by atoms with Crippen LogP contribution in [0.15, 0.2) is 6.20 Å². The molecule has 0 aromatic carbocycles. The molecule has 58 valence electrons. The molecule has 1 rings (SSSR count). The minimum Gasteiger partial charge on any atom is -0.249 e. The monoisotopic (exact) mass is 183 g/mol. The first-order chi connectivity index (χ1) is 5.33. The molecular weight excluding hydrogens is 174 g/mol. The van der Waals surface area contributed by atoms with Crippen LogP contribution in [0.1, 0.15) is 9.88 Å². The van der Waals surface area contributed by atoms with Crippen LogP contribution in [0.3, 0.4) is 0 Å². The number of hydrogen-bond acceptors (Lipinski definition) is 3. The van der Waals surface area contributed by atoms with Gasteiger partial charge in [0.15, 0.2) is 0 Å². The first-order valence-electron chi connectivity index (χ1n) is 3.25. The second-order valence-corrected chi connectivity index (χ2v) is 4.37. The van der Waals surface area contributed by atoms with Crippen molar-refractivity contribution in [1.82, 2.24) is 4.98 Å². The fraction of sp³-hybridized carbons (Fsp3) is 0.375. The van der Waals surface area contributed by atoms with Crippen LogP contribution in [0, 0.1) is 19.3 Å². The molecule has 1 aromatic rings. The Morgan fingerprint density at radius 2 is 2.64 bits per heavy atom. The van der Waals surface area contributed by atoms with E-state index in [0.29, 0.717) is 0 Å². The Kier molecular flexibility index (Phi) is 3.47. The van der Waals surface area contributed by atoms with E-state index >= 15 is 0 Å². The van der Waals surface area contributed by atoms with Crippen LogP contribution in [0.25, 0.3) is 0 Å². The van der Waals surface area contributed by atoms with Crippen LogP contribution >= 0.6 is 23.1 Å². The van der Waals surface area contributed by atoms with Gasteiger partial charge in [0.05, 0.1) is 5.75 Å². The van der Waals surface area contributed by atoms with Crippen LogP contribution in [-0.2, 0) is 5.75 Å². The van der Waals surface area contributed by atoms with Crippen molar-refractivity contribution >= 4 is 23.1 Å². The Balaban J connectivity index is 2.34. The molecule has 0 unspecified atom stereocenters. The Morgan fingerprint density at radius 3 is 3.18 bits per heavy atom. The van der Waals surface area contributed by atoms with Gasteiger partial charge in [-0.2, -0.15) is 0 Å². The number of rotatable bonds is 3. The summed E-state index contributed by atoms with van der Waals surface area (Å²) in [6.45, 7) is 2.06. The summed E-state index contributed by atoms with van der Waals surface area (Å²) in [6.07, 6.45) is 7.01. The van der Waals surface area contributed by atoms with E-state index in [0.717, 1.165) is 11.5 Å². The summed E-state index contributed by atoms with van der Waals surface area (Å²) in [7, 11) is 0. The van der Waals surface area contributed by atoms with Crippen molar-refractivity contribution in [2.75, 3.05) is 5.75 Å². The van der Waals surface area contributed by atoms with Crippen LogP contribution in [0.5, 0.6) is 0 Å². The smallest absolute Gasteiger partial charge is 0.103 e. The lowest BCUT2D eigenvalue weighted by molar-refractivity contribution is 1.26. The second-order valence-electron chi connectivity index (χ2n) is 2.06. The minimum atomic E-state index is 0.776. The van der Waals surface area contributed by atoms with Gasteiger partial charge >= 0.3 is 0 Å². The summed E-state index contributed by atoms with van der Waals surface area (Å²) in [5.41, 5.74) is 0. The second kappa shape index (κ2) is 4.42. The van der Waals surface area contributed by atoms with Crippen molar-refractivity contribution in [3.63, 3.8) is 0 Å². The van der Waals surface area contributed by atoms with Crippen LogP contribution < -0.4 is 0 Å². The number of terminal acetylenes is 1. The molecule has 1 nitrogen and oxygen atoms in total. The summed E-state index contributed by atoms with van der Waals surface area (Å²) in [5, 5.41) is 1.17. The van der Waals surface area contributed by atoms with Crippen molar-refractivity contribution in [1.29, 1.82) is 0 Å². The summed E-state index contributed by atoms with van der Waals surface area (Å²) >= 11 is 3.47. The summed E-state index contributed by atoms with van der Waals surface area (Å²) in [6, 6.07) is 0. The van der Waals surface area contributed by atoms with Crippen molar-refractivity contribution < 1.29 is 0 Å². The van der Waals surface area contributed by atoms with Gasteiger partial charge in [-0.05, 0) is 6.92 Å². The van der Waals surface area contributed by atoms with E-state index in [4.69, 9.17) is 6.42 Å². The van der Waals surface area contributed by atoms with Gasteiger partial charge in [-0.1, -0.05) is 5.92 Å². The Morgan fingerprint density at radius 1 is 1.82 bits per heavy atom. The molecule has 0 spiro atoms. The van der Waals surface area contributed by atoms with Crippen molar-refractivity contribution in [3.8, 4) is 12.3 Å². The molecule has 0 atom stereocenters. The fourth-order valence-corrected chi connectivity index (χ4v) is 2.20. The lowest BCUT2D eigenvalue weighted by atomic mass is 10.6. The number of thiazole rings is 1. The third-order valence-corrected chi connectivity index (χ3v) is 3.02. The van der Waals surface area contributed by atoms with Gasteiger partial charge in [0.1, 0.15) is 5.01 Å². The zero-order valence-electron chi connectivity index (χ0n) is 6.33. The quantitative estimate of drug-likeness (QED) is 0.527. The van der Waals surface area contributed by atoms with Crippen molar-refractivity contribution in [2.24, 2.45) is 0 Å². The normalized spacial score (nSPS) is 9.45. The van der Waals surface area contributed by atoms with Crippen LogP contribution in [0.4, 0.5) is 0 Å². The highest BCUT2D eigenvalue weighted by molar-refractivity contribution is 7.98. The Bertz CT molecular complexity index is 259. The molecule has 0 amide bonds. The maximum Gasteiger partial charge on any atom is 0.103 e. The lowest BCUT2D eigenvalue weighted by Gasteiger charge is -1.89. The molecule has 0 saturated carbocycles. The fourth-order valence-electron chi connectivity index (χ4n) is 0.665. The van der Waals surface area contributed by atoms with E-state index in [1.54, 1.807) is 23.1 Å². The minimum absolute atomic E-state index is 0.776. The highest BCUT2D eigenvalue weighted by Gasteiger charge is 1.96. The maximum absolute atomic E-state index is 5.11. The number of nitrogens with zero attached hydrogens (tertiary/aromatic N) is 1. The van der Waals surface area contributed by atoms with Gasteiger partial charge in [-0.25, -0.2) is 4.98 Å². The van der Waals surface area contributed by atoms with Gasteiger partial charge in [0.25, 0.3) is 0 Å². The molecule has 0 saturated heterocycles. The molecule has 3 heteroatoms. The van der Waals surface area contributed by atoms with E-state index in [1.165, 1.54) is 9.88 Å². The van der Waals surface area contributed by atoms with Gasteiger partial charge < -0.3 is 0 Å². The van der Waals surface area contributed by atoms with E-state index in [9.17, 15) is 0 Å². The summed E-state index contributed by atoms with van der Waals surface area (Å²) < 4.78 is 0. The van der Waals surface area contributed by atoms with Gasteiger partial charge in [0, 0.05) is 16.8 Å². The first kappa shape index (κ1) is 8.63. The Hall–Kier alpha value is -0.460. The molecule has 0 aliphatic rings. The van der Waals surface area contributed by atoms with Crippen LogP contribution in [-0.4, -0.2) is 10.7 Å². The molecule has 11 heavy (non-hydrogen) atoms. The highest BCUT2D eigenvalue weighted by atomic mass is 32.2. The molecule has 0 radical (unpaired) electrons. The number of thioether (sulfide) groups is 1. The molecule has 1 heterocycles. The van der Waals surface area contributed by atoms with Crippen LogP contribution in [0.2, 0.25) is 0 Å². The Labute approximate surface area is 75.2 Å². The number of aromatic nitrogens is 1. The zero-order valence-corrected chi connectivity index (χ0v) is 7.97. The largest absolute Gasteiger partial charge is 0.249 e. The van der Waals surface area contributed by atoms with E-state index in [2.05, 4.69) is 17.8 Å². The van der Waals surface area contributed by atoms with Gasteiger partial charge in [-0.15, -0.1) is 29.5 Å². The predicted octanol–water partition coefficient (Wildman–Crippen LogP) is 2.32. The van der Waals surface area contributed by atoms with E-state index in [1.807, 2.05) is 6.20 Å². The van der Waals surface area contributed by atoms with E-state index in [-0.39, 0.29) is 0 Å². The average Bonchev–Trinajstić information content (AvgIpc) is 2.37. The molecular formula is C8H9NS2. The molecule has 0 bridgehead atoms. The van der Waals surface area contributed by atoms with E-state index < -0.39 is 0 Å². The summed E-state index contributed by atoms with van der Waals surface area (Å²) in [4.78, 5) is 5.48. The molecule has 0 fully saturated rings. The molecule has 0 aliphatic carbocycles. The van der Waals surface area contributed by atoms with Crippen molar-refractivity contribution in [2.45, 2.75) is 12.7 Å². The summed E-state index contributed by atoms with van der Waals surface area (Å²) in [5.74, 6) is 4.31. The predicted molar refractivity (Wildman–Crippen MR) is 51.8 cm³/mol. The number of hydrogen-bond donors (Lipinski definition) is 0. The topological polar surface area (TPSA) is 12.9 Å².